The summed E-state index contributed by atoms with van der Waals surface area (Å²) in [6, 6.07) is 0. The SMILES string of the molecule is CC(C)(C)OC(=O)C1(CN)CN2CCCC1C2. The highest BCUT2D eigenvalue weighted by Gasteiger charge is 2.54. The van der Waals surface area contributed by atoms with Crippen LogP contribution in [0.5, 0.6) is 0 Å². The van der Waals surface area contributed by atoms with E-state index in [2.05, 4.69) is 4.90 Å². The quantitative estimate of drug-likeness (QED) is 0.732. The van der Waals surface area contributed by atoms with Crippen LogP contribution >= 0.6 is 0 Å². The standard InChI is InChI=1S/C13H24N2O2/c1-12(2,3)17-11(16)13(8-14)9-15-6-4-5-10(13)7-15/h10H,4-9,14H2,1-3H3. The molecule has 2 N–H and O–H groups in total. The molecule has 0 aromatic rings. The van der Waals surface area contributed by atoms with Crippen molar-refractivity contribution in [1.29, 1.82) is 0 Å². The molecule has 98 valence electrons. The molecule has 2 saturated heterocycles. The fraction of sp³-hybridized carbons (Fsp3) is 0.923. The van der Waals surface area contributed by atoms with Crippen molar-refractivity contribution in [2.45, 2.75) is 39.2 Å². The summed E-state index contributed by atoms with van der Waals surface area (Å²) >= 11 is 0. The molecule has 0 aromatic carbocycles. The summed E-state index contributed by atoms with van der Waals surface area (Å²) in [5.74, 6) is 0.290. The minimum Gasteiger partial charge on any atom is -0.459 e. The van der Waals surface area contributed by atoms with Crippen LogP contribution in [-0.4, -0.2) is 42.6 Å². The van der Waals surface area contributed by atoms with Crippen molar-refractivity contribution < 1.29 is 9.53 Å². The lowest BCUT2D eigenvalue weighted by molar-refractivity contribution is -0.168. The molecule has 2 aliphatic heterocycles. The van der Waals surface area contributed by atoms with Crippen LogP contribution in [0.2, 0.25) is 0 Å². The third kappa shape index (κ3) is 2.33. The van der Waals surface area contributed by atoms with Gasteiger partial charge in [0.1, 0.15) is 5.60 Å². The monoisotopic (exact) mass is 240 g/mol. The van der Waals surface area contributed by atoms with Gasteiger partial charge in [0.2, 0.25) is 0 Å². The van der Waals surface area contributed by atoms with Gasteiger partial charge in [-0.1, -0.05) is 0 Å². The largest absolute Gasteiger partial charge is 0.459 e. The Labute approximate surface area is 103 Å². The number of nitrogens with zero attached hydrogens (tertiary/aromatic N) is 1. The van der Waals surface area contributed by atoms with Gasteiger partial charge in [0, 0.05) is 19.6 Å². The Kier molecular flexibility index (Phi) is 3.21. The molecule has 4 heteroatoms. The second-order valence-electron chi connectivity index (χ2n) is 6.44. The van der Waals surface area contributed by atoms with E-state index in [0.717, 1.165) is 26.1 Å². The molecule has 2 heterocycles. The zero-order valence-electron chi connectivity index (χ0n) is 11.2. The molecule has 0 aromatic heterocycles. The Bertz CT molecular complexity index is 311. The Hall–Kier alpha value is -0.610. The predicted molar refractivity (Wildman–Crippen MR) is 66.5 cm³/mol. The maximum Gasteiger partial charge on any atom is 0.315 e. The number of rotatable bonds is 2. The second kappa shape index (κ2) is 4.25. The lowest BCUT2D eigenvalue weighted by Gasteiger charge is -2.33. The number of carbonyl (C=O) groups excluding carboxylic acids is 1. The molecular formula is C13H24N2O2. The number of piperidine rings is 1. The molecule has 0 aliphatic carbocycles. The van der Waals surface area contributed by atoms with Crippen molar-refractivity contribution in [1.82, 2.24) is 4.90 Å². The molecule has 2 aliphatic rings. The fourth-order valence-corrected chi connectivity index (χ4v) is 3.10. The molecule has 2 bridgehead atoms. The second-order valence-corrected chi connectivity index (χ2v) is 6.44. The summed E-state index contributed by atoms with van der Waals surface area (Å²) in [5.41, 5.74) is 5.04. The van der Waals surface area contributed by atoms with Crippen molar-refractivity contribution in [3.05, 3.63) is 0 Å². The van der Waals surface area contributed by atoms with Gasteiger partial charge in [-0.15, -0.1) is 0 Å². The third-order valence-corrected chi connectivity index (χ3v) is 3.96. The fourth-order valence-electron chi connectivity index (χ4n) is 3.10. The number of carbonyl (C=O) groups is 1. The minimum atomic E-state index is -0.455. The first-order valence-electron chi connectivity index (χ1n) is 6.53. The first kappa shape index (κ1) is 12.8. The topological polar surface area (TPSA) is 55.6 Å². The summed E-state index contributed by atoms with van der Waals surface area (Å²) in [6.45, 7) is 9.03. The summed E-state index contributed by atoms with van der Waals surface area (Å²) in [7, 11) is 0. The van der Waals surface area contributed by atoms with Crippen molar-refractivity contribution in [3.8, 4) is 0 Å². The zero-order chi connectivity index (χ0) is 12.7. The summed E-state index contributed by atoms with van der Waals surface area (Å²) in [6.07, 6.45) is 2.28. The number of hydrogen-bond acceptors (Lipinski definition) is 4. The van der Waals surface area contributed by atoms with Crippen LogP contribution in [0, 0.1) is 11.3 Å². The average molecular weight is 240 g/mol. The highest BCUT2D eigenvalue weighted by atomic mass is 16.6. The molecule has 3 atom stereocenters. The van der Waals surface area contributed by atoms with E-state index in [1.165, 1.54) is 6.42 Å². The van der Waals surface area contributed by atoms with E-state index in [1.54, 1.807) is 0 Å². The predicted octanol–water partition coefficient (Wildman–Crippen LogP) is 0.999. The first-order chi connectivity index (χ1) is 7.87. The minimum absolute atomic E-state index is 0.0955. The maximum absolute atomic E-state index is 12.4. The van der Waals surface area contributed by atoms with E-state index in [0.29, 0.717) is 12.5 Å². The van der Waals surface area contributed by atoms with Gasteiger partial charge in [-0.25, -0.2) is 0 Å². The van der Waals surface area contributed by atoms with Crippen LogP contribution in [0.1, 0.15) is 33.6 Å². The van der Waals surface area contributed by atoms with Gasteiger partial charge in [-0.3, -0.25) is 4.79 Å². The van der Waals surface area contributed by atoms with E-state index in [1.807, 2.05) is 20.8 Å². The molecule has 0 amide bonds. The maximum atomic E-state index is 12.4. The van der Waals surface area contributed by atoms with Crippen molar-refractivity contribution in [2.24, 2.45) is 17.1 Å². The highest BCUT2D eigenvalue weighted by Crippen LogP contribution is 2.42. The number of ether oxygens (including phenoxy) is 1. The number of hydrogen-bond donors (Lipinski definition) is 1. The van der Waals surface area contributed by atoms with Gasteiger partial charge in [-0.05, 0) is 46.1 Å². The Morgan fingerprint density at radius 3 is 2.76 bits per heavy atom. The van der Waals surface area contributed by atoms with Crippen LogP contribution in [0.4, 0.5) is 0 Å². The van der Waals surface area contributed by atoms with Crippen molar-refractivity contribution >= 4 is 5.97 Å². The molecule has 4 nitrogen and oxygen atoms in total. The molecule has 2 rings (SSSR count). The Balaban J connectivity index is 2.17. The molecule has 17 heavy (non-hydrogen) atoms. The molecule has 3 unspecified atom stereocenters. The number of esters is 1. The van der Waals surface area contributed by atoms with Crippen LogP contribution in [-0.2, 0) is 9.53 Å². The van der Waals surface area contributed by atoms with E-state index < -0.39 is 11.0 Å². The van der Waals surface area contributed by atoms with Crippen LogP contribution in [0.25, 0.3) is 0 Å². The summed E-state index contributed by atoms with van der Waals surface area (Å²) < 4.78 is 5.58. The lowest BCUT2D eigenvalue weighted by atomic mass is 9.76. The van der Waals surface area contributed by atoms with Gasteiger partial charge < -0.3 is 15.4 Å². The van der Waals surface area contributed by atoms with Crippen molar-refractivity contribution in [3.63, 3.8) is 0 Å². The van der Waals surface area contributed by atoms with Gasteiger partial charge >= 0.3 is 5.97 Å². The molecule has 0 spiro atoms. The molecule has 2 fully saturated rings. The van der Waals surface area contributed by atoms with Crippen LogP contribution in [0.3, 0.4) is 0 Å². The van der Waals surface area contributed by atoms with Gasteiger partial charge in [0.05, 0.1) is 5.41 Å². The number of fused-ring (bicyclic) bond motifs is 2. The number of nitrogens with two attached hydrogens (primary N) is 1. The van der Waals surface area contributed by atoms with E-state index >= 15 is 0 Å². The van der Waals surface area contributed by atoms with Gasteiger partial charge in [-0.2, -0.15) is 0 Å². The van der Waals surface area contributed by atoms with E-state index in [9.17, 15) is 4.79 Å². The van der Waals surface area contributed by atoms with E-state index in [-0.39, 0.29) is 5.97 Å². The van der Waals surface area contributed by atoms with E-state index in [4.69, 9.17) is 10.5 Å². The zero-order valence-corrected chi connectivity index (χ0v) is 11.2. The first-order valence-corrected chi connectivity index (χ1v) is 6.53. The summed E-state index contributed by atoms with van der Waals surface area (Å²) in [5, 5.41) is 0. The third-order valence-electron chi connectivity index (χ3n) is 3.96. The molecular weight excluding hydrogens is 216 g/mol. The van der Waals surface area contributed by atoms with Gasteiger partial charge in [0.15, 0.2) is 0 Å². The summed E-state index contributed by atoms with van der Waals surface area (Å²) in [4.78, 5) is 14.8. The van der Waals surface area contributed by atoms with Crippen LogP contribution < -0.4 is 5.73 Å². The van der Waals surface area contributed by atoms with Crippen molar-refractivity contribution in [2.75, 3.05) is 26.2 Å². The Morgan fingerprint density at radius 2 is 2.24 bits per heavy atom. The normalized spacial score (nSPS) is 36.9. The van der Waals surface area contributed by atoms with Gasteiger partial charge in [0.25, 0.3) is 0 Å². The van der Waals surface area contributed by atoms with Crippen LogP contribution in [0.15, 0.2) is 0 Å². The smallest absolute Gasteiger partial charge is 0.315 e. The average Bonchev–Trinajstić information content (AvgIpc) is 2.48. The molecule has 0 radical (unpaired) electrons. The lowest BCUT2D eigenvalue weighted by Crippen LogP contribution is -2.48. The Morgan fingerprint density at radius 1 is 1.53 bits per heavy atom. The molecule has 0 saturated carbocycles. The highest BCUT2D eigenvalue weighted by molar-refractivity contribution is 5.79.